The van der Waals surface area contributed by atoms with Crippen LogP contribution in [0.4, 0.5) is 13.2 Å². The van der Waals surface area contributed by atoms with E-state index >= 15 is 0 Å². The number of rotatable bonds is 8. The number of ether oxygens (including phenoxy) is 1. The van der Waals surface area contributed by atoms with E-state index in [-0.39, 0.29) is 55.1 Å². The molecule has 12 heteroatoms. The Morgan fingerprint density at radius 1 is 1.19 bits per heavy atom. The summed E-state index contributed by atoms with van der Waals surface area (Å²) in [6.07, 6.45) is -4.77. The minimum absolute atomic E-state index is 0. The molecule has 0 saturated carbocycles. The van der Waals surface area contributed by atoms with Crippen molar-refractivity contribution in [3.05, 3.63) is 29.8 Å². The van der Waals surface area contributed by atoms with Gasteiger partial charge in [0.15, 0.2) is 5.96 Å². The quantitative estimate of drug-likeness (QED) is 0.215. The van der Waals surface area contributed by atoms with E-state index in [0.29, 0.717) is 11.5 Å². The number of sulfonamides is 1. The van der Waals surface area contributed by atoms with Crippen molar-refractivity contribution in [2.24, 2.45) is 4.99 Å². The van der Waals surface area contributed by atoms with Crippen LogP contribution in [0.1, 0.15) is 12.5 Å². The molecule has 0 aliphatic rings. The van der Waals surface area contributed by atoms with Gasteiger partial charge in [0.2, 0.25) is 10.0 Å². The Morgan fingerprint density at radius 3 is 2.42 bits per heavy atom. The maximum absolute atomic E-state index is 12.4. The van der Waals surface area contributed by atoms with Crippen molar-refractivity contribution in [1.82, 2.24) is 15.4 Å². The normalized spacial score (nSPS) is 12.3. The van der Waals surface area contributed by atoms with E-state index in [4.69, 9.17) is 0 Å². The average Bonchev–Trinajstić information content (AvgIpc) is 2.54. The molecule has 150 valence electrons. The Balaban J connectivity index is 0.00000625. The first kappa shape index (κ1) is 24.7. The number of nitrogens with zero attached hydrogens (tertiary/aromatic N) is 1. The third-order valence-corrected chi connectivity index (χ3v) is 4.39. The molecule has 26 heavy (non-hydrogen) atoms. The van der Waals surface area contributed by atoms with Crippen molar-refractivity contribution >= 4 is 40.0 Å². The first-order valence-corrected chi connectivity index (χ1v) is 9.07. The number of halogens is 4. The van der Waals surface area contributed by atoms with Crippen LogP contribution in [-0.4, -0.2) is 46.6 Å². The zero-order chi connectivity index (χ0) is 18.9. The molecule has 0 radical (unpaired) electrons. The van der Waals surface area contributed by atoms with Crippen molar-refractivity contribution in [2.45, 2.75) is 19.8 Å². The topological polar surface area (TPSA) is 91.8 Å². The zero-order valence-electron chi connectivity index (χ0n) is 14.3. The van der Waals surface area contributed by atoms with Crippen molar-refractivity contribution in [2.75, 3.05) is 25.9 Å². The molecule has 0 aromatic heterocycles. The number of nitrogens with one attached hydrogen (secondary N) is 3. The van der Waals surface area contributed by atoms with Crippen molar-refractivity contribution in [3.8, 4) is 5.75 Å². The van der Waals surface area contributed by atoms with Crippen molar-refractivity contribution in [1.29, 1.82) is 0 Å². The van der Waals surface area contributed by atoms with E-state index in [0.717, 1.165) is 0 Å². The predicted molar refractivity (Wildman–Crippen MR) is 104 cm³/mol. The number of aliphatic imine (C=N–C) groups is 1. The van der Waals surface area contributed by atoms with E-state index in [1.54, 1.807) is 6.07 Å². The van der Waals surface area contributed by atoms with Crippen LogP contribution in [0, 0.1) is 0 Å². The molecular weight excluding hydrogens is 488 g/mol. The van der Waals surface area contributed by atoms with Crippen molar-refractivity contribution in [3.63, 3.8) is 0 Å². The van der Waals surface area contributed by atoms with Gasteiger partial charge in [0.05, 0.1) is 5.75 Å². The maximum atomic E-state index is 12.4. The Labute approximate surface area is 167 Å². The summed E-state index contributed by atoms with van der Waals surface area (Å²) in [4.78, 5) is 3.92. The number of guanidine groups is 1. The minimum atomic E-state index is -4.77. The summed E-state index contributed by atoms with van der Waals surface area (Å²) in [6, 6.07) is 5.75. The highest BCUT2D eigenvalue weighted by Gasteiger charge is 2.31. The van der Waals surface area contributed by atoms with Gasteiger partial charge in [-0.25, -0.2) is 13.1 Å². The number of para-hydroxylation sites is 1. The van der Waals surface area contributed by atoms with Gasteiger partial charge in [0, 0.05) is 32.2 Å². The molecule has 3 N–H and O–H groups in total. The number of hydrogen-bond acceptors (Lipinski definition) is 4. The van der Waals surface area contributed by atoms with E-state index in [1.165, 1.54) is 32.2 Å². The second kappa shape index (κ2) is 11.4. The summed E-state index contributed by atoms with van der Waals surface area (Å²) in [5.41, 5.74) is 0.300. The van der Waals surface area contributed by atoms with Gasteiger partial charge in [0.25, 0.3) is 0 Å². The highest BCUT2D eigenvalue weighted by Crippen LogP contribution is 2.25. The van der Waals surface area contributed by atoms with E-state index in [1.807, 2.05) is 0 Å². The second-order valence-corrected chi connectivity index (χ2v) is 6.90. The molecule has 0 bridgehead atoms. The standard InChI is InChI=1S/C14H21F3N4O3S.HI/c1-3-25(22,23)21-9-8-19-13(18-2)20-10-11-6-4-5-7-12(11)24-14(15,16)17;/h4-7,21H,3,8-10H2,1-2H3,(H2,18,19,20);1H. The molecule has 0 atom stereocenters. The van der Waals surface area contributed by atoms with Crippen LogP contribution in [0.15, 0.2) is 29.3 Å². The molecule has 0 fully saturated rings. The molecule has 0 aliphatic heterocycles. The van der Waals surface area contributed by atoms with Crippen LogP contribution < -0.4 is 20.1 Å². The van der Waals surface area contributed by atoms with Gasteiger partial charge in [-0.15, -0.1) is 37.1 Å². The fourth-order valence-corrected chi connectivity index (χ4v) is 2.38. The third-order valence-electron chi connectivity index (χ3n) is 2.99. The first-order valence-electron chi connectivity index (χ1n) is 7.42. The van der Waals surface area contributed by atoms with Crippen molar-refractivity contribution < 1.29 is 26.3 Å². The van der Waals surface area contributed by atoms with E-state index in [2.05, 4.69) is 25.1 Å². The molecule has 0 heterocycles. The smallest absolute Gasteiger partial charge is 0.405 e. The molecule has 1 aromatic carbocycles. The lowest BCUT2D eigenvalue weighted by molar-refractivity contribution is -0.274. The molecule has 1 aromatic rings. The summed E-state index contributed by atoms with van der Waals surface area (Å²) in [5.74, 6) is 0.00171. The summed E-state index contributed by atoms with van der Waals surface area (Å²) in [7, 11) is -1.79. The van der Waals surface area contributed by atoms with Gasteiger partial charge >= 0.3 is 6.36 Å². The van der Waals surface area contributed by atoms with Gasteiger partial charge < -0.3 is 15.4 Å². The van der Waals surface area contributed by atoms with Crippen LogP contribution >= 0.6 is 24.0 Å². The SMILES string of the molecule is CCS(=O)(=O)NCCNC(=NC)NCc1ccccc1OC(F)(F)F.I. The maximum Gasteiger partial charge on any atom is 0.573 e. The van der Waals surface area contributed by atoms with Crippen LogP contribution in [0.5, 0.6) is 5.75 Å². The zero-order valence-corrected chi connectivity index (χ0v) is 17.4. The molecule has 0 amide bonds. The van der Waals surface area contributed by atoms with Crippen LogP contribution in [-0.2, 0) is 16.6 Å². The molecule has 7 nitrogen and oxygen atoms in total. The Morgan fingerprint density at radius 2 is 1.85 bits per heavy atom. The predicted octanol–water partition coefficient (Wildman–Crippen LogP) is 1.81. The molecule has 0 saturated heterocycles. The number of alkyl halides is 3. The van der Waals surface area contributed by atoms with Gasteiger partial charge in [-0.3, -0.25) is 4.99 Å². The number of hydrogen-bond donors (Lipinski definition) is 3. The van der Waals surface area contributed by atoms with Gasteiger partial charge in [-0.05, 0) is 13.0 Å². The lowest BCUT2D eigenvalue weighted by atomic mass is 10.2. The Bertz CT molecular complexity index is 684. The van der Waals surface area contributed by atoms with Gasteiger partial charge in [-0.2, -0.15) is 0 Å². The van der Waals surface area contributed by atoms with Gasteiger partial charge in [0.1, 0.15) is 5.75 Å². The number of benzene rings is 1. The summed E-state index contributed by atoms with van der Waals surface area (Å²) in [5, 5.41) is 5.69. The van der Waals surface area contributed by atoms with Crippen LogP contribution in [0.25, 0.3) is 0 Å². The second-order valence-electron chi connectivity index (χ2n) is 4.81. The largest absolute Gasteiger partial charge is 0.573 e. The van der Waals surface area contributed by atoms with E-state index in [9.17, 15) is 21.6 Å². The van der Waals surface area contributed by atoms with Crippen LogP contribution in [0.2, 0.25) is 0 Å². The van der Waals surface area contributed by atoms with Gasteiger partial charge in [-0.1, -0.05) is 18.2 Å². The minimum Gasteiger partial charge on any atom is -0.405 e. The third kappa shape index (κ3) is 10.0. The summed E-state index contributed by atoms with van der Waals surface area (Å²) >= 11 is 0. The first-order chi connectivity index (χ1) is 11.7. The highest BCUT2D eigenvalue weighted by atomic mass is 127. The Hall–Kier alpha value is -1.28. The van der Waals surface area contributed by atoms with E-state index < -0.39 is 16.4 Å². The fraction of sp³-hybridized carbons (Fsp3) is 0.500. The average molecular weight is 510 g/mol. The molecule has 0 unspecified atom stereocenters. The van der Waals surface area contributed by atoms with Crippen LogP contribution in [0.3, 0.4) is 0 Å². The lowest BCUT2D eigenvalue weighted by Gasteiger charge is -2.15. The molecule has 1 rings (SSSR count). The molecular formula is C14H22F3IN4O3S. The monoisotopic (exact) mass is 510 g/mol. The highest BCUT2D eigenvalue weighted by molar-refractivity contribution is 14.0. The molecule has 0 spiro atoms. The fourth-order valence-electron chi connectivity index (χ4n) is 1.76. The molecule has 0 aliphatic carbocycles. The summed E-state index contributed by atoms with van der Waals surface area (Å²) < 4.78 is 66.1. The Kier molecular flexibility index (Phi) is 10.9. The summed E-state index contributed by atoms with van der Waals surface area (Å²) in [6.45, 7) is 1.99. The lowest BCUT2D eigenvalue weighted by Crippen LogP contribution is -2.41.